The summed E-state index contributed by atoms with van der Waals surface area (Å²) in [7, 11) is 0. The van der Waals surface area contributed by atoms with Crippen LogP contribution in [0.4, 0.5) is 0 Å². The Labute approximate surface area is 98.3 Å². The lowest BCUT2D eigenvalue weighted by Gasteiger charge is -2.21. The SMILES string of the molecule is C[C@@H]1C=C(C2=NC3=NC=CC3=C[CH]2)CNC1.[HH].[HH]. The minimum atomic E-state index is 0. The lowest BCUT2D eigenvalue weighted by molar-refractivity contribution is 0.591. The van der Waals surface area contributed by atoms with Gasteiger partial charge < -0.3 is 5.32 Å². The van der Waals surface area contributed by atoms with Crippen molar-refractivity contribution in [2.24, 2.45) is 15.9 Å². The predicted molar refractivity (Wildman–Crippen MR) is 70.7 cm³/mol. The highest BCUT2D eigenvalue weighted by Gasteiger charge is 2.19. The van der Waals surface area contributed by atoms with Gasteiger partial charge in [0.2, 0.25) is 0 Å². The van der Waals surface area contributed by atoms with Crippen molar-refractivity contribution in [2.75, 3.05) is 13.1 Å². The summed E-state index contributed by atoms with van der Waals surface area (Å²) >= 11 is 0. The molecule has 0 saturated heterocycles. The van der Waals surface area contributed by atoms with Crippen LogP contribution in [0.2, 0.25) is 0 Å². The van der Waals surface area contributed by atoms with Crippen LogP contribution in [0.25, 0.3) is 0 Å². The molecule has 3 nitrogen and oxygen atoms in total. The lowest BCUT2D eigenvalue weighted by atomic mass is 9.96. The van der Waals surface area contributed by atoms with Crippen LogP contribution in [-0.2, 0) is 0 Å². The van der Waals surface area contributed by atoms with Crippen LogP contribution in [0.15, 0.2) is 45.6 Å². The smallest absolute Gasteiger partial charge is 0.159 e. The zero-order valence-electron chi connectivity index (χ0n) is 9.27. The number of amidine groups is 1. The van der Waals surface area contributed by atoms with Crippen molar-refractivity contribution in [1.29, 1.82) is 0 Å². The van der Waals surface area contributed by atoms with E-state index in [0.29, 0.717) is 5.92 Å². The van der Waals surface area contributed by atoms with Crippen LogP contribution in [0.5, 0.6) is 0 Å². The molecule has 1 radical (unpaired) electrons. The Morgan fingerprint density at radius 2 is 2.44 bits per heavy atom. The van der Waals surface area contributed by atoms with Crippen LogP contribution >= 0.6 is 0 Å². The standard InChI is InChI=1S/C13H14N3.2H2/c1-9-6-11(8-14-7-9)12-3-2-10-4-5-15-13(10)16-12;;/h2-6,9,14H,7-8H2,1H3;2*1H/t9-;;/m1../s1. The van der Waals surface area contributed by atoms with E-state index in [4.69, 9.17) is 0 Å². The molecule has 0 saturated carbocycles. The number of rotatable bonds is 1. The maximum atomic E-state index is 4.57. The minimum Gasteiger partial charge on any atom is -0.312 e. The van der Waals surface area contributed by atoms with Gasteiger partial charge in [-0.15, -0.1) is 0 Å². The monoisotopic (exact) mass is 216 g/mol. The second-order valence-electron chi connectivity index (χ2n) is 4.35. The van der Waals surface area contributed by atoms with Gasteiger partial charge in [-0.3, -0.25) is 0 Å². The summed E-state index contributed by atoms with van der Waals surface area (Å²) in [4.78, 5) is 8.81. The third kappa shape index (κ3) is 1.67. The molecule has 16 heavy (non-hydrogen) atoms. The molecule has 0 aromatic rings. The molecule has 1 atom stereocenters. The predicted octanol–water partition coefficient (Wildman–Crippen LogP) is 2.16. The molecule has 0 spiro atoms. The number of hydrogen-bond donors (Lipinski definition) is 1. The molecule has 0 fully saturated rings. The number of hydrogen-bond acceptors (Lipinski definition) is 3. The summed E-state index contributed by atoms with van der Waals surface area (Å²) in [5, 5.41) is 3.40. The number of dihydropyridines is 1. The summed E-state index contributed by atoms with van der Waals surface area (Å²) < 4.78 is 0. The van der Waals surface area contributed by atoms with Gasteiger partial charge in [0.1, 0.15) is 0 Å². The van der Waals surface area contributed by atoms with Gasteiger partial charge in [-0.05, 0) is 17.6 Å². The zero-order chi connectivity index (χ0) is 11.0. The fourth-order valence-electron chi connectivity index (χ4n) is 2.13. The molecule has 3 aliphatic heterocycles. The van der Waals surface area contributed by atoms with Crippen molar-refractivity contribution in [3.05, 3.63) is 42.0 Å². The normalized spacial score (nSPS) is 27.9. The van der Waals surface area contributed by atoms with Gasteiger partial charge in [0.05, 0.1) is 5.71 Å². The summed E-state index contributed by atoms with van der Waals surface area (Å²) in [5.41, 5.74) is 3.44. The van der Waals surface area contributed by atoms with E-state index in [1.54, 1.807) is 6.20 Å². The van der Waals surface area contributed by atoms with E-state index in [-0.39, 0.29) is 2.85 Å². The van der Waals surface area contributed by atoms with Gasteiger partial charge in [-0.2, -0.15) is 0 Å². The topological polar surface area (TPSA) is 36.8 Å². The van der Waals surface area contributed by atoms with E-state index in [0.717, 1.165) is 30.2 Å². The zero-order valence-corrected chi connectivity index (χ0v) is 9.27. The first-order valence-corrected chi connectivity index (χ1v) is 5.63. The van der Waals surface area contributed by atoms with Crippen molar-refractivity contribution in [2.45, 2.75) is 6.92 Å². The summed E-state index contributed by atoms with van der Waals surface area (Å²) in [6, 6.07) is 0. The van der Waals surface area contributed by atoms with Gasteiger partial charge in [0, 0.05) is 34.1 Å². The van der Waals surface area contributed by atoms with Crippen LogP contribution in [-0.4, -0.2) is 24.6 Å². The molecule has 3 heteroatoms. The van der Waals surface area contributed by atoms with Crippen LogP contribution in [0, 0.1) is 12.3 Å². The Kier molecular flexibility index (Phi) is 2.33. The number of allylic oxidation sites excluding steroid dienone is 1. The lowest BCUT2D eigenvalue weighted by Crippen LogP contribution is -2.31. The largest absolute Gasteiger partial charge is 0.312 e. The second-order valence-corrected chi connectivity index (χ2v) is 4.35. The molecule has 0 aliphatic carbocycles. The molecule has 3 aliphatic rings. The molecule has 3 rings (SSSR count). The summed E-state index contributed by atoms with van der Waals surface area (Å²) in [6.07, 6.45) is 10.3. The third-order valence-corrected chi connectivity index (χ3v) is 2.95. The molecule has 85 valence electrons. The van der Waals surface area contributed by atoms with Crippen LogP contribution < -0.4 is 5.32 Å². The van der Waals surface area contributed by atoms with E-state index in [1.165, 1.54) is 5.57 Å². The molecule has 0 bridgehead atoms. The quantitative estimate of drug-likeness (QED) is 0.716. The van der Waals surface area contributed by atoms with Gasteiger partial charge in [0.15, 0.2) is 5.84 Å². The van der Waals surface area contributed by atoms with Crippen molar-refractivity contribution in [3.8, 4) is 0 Å². The Morgan fingerprint density at radius 3 is 3.31 bits per heavy atom. The second kappa shape index (κ2) is 3.83. The maximum Gasteiger partial charge on any atom is 0.159 e. The van der Waals surface area contributed by atoms with E-state index in [9.17, 15) is 0 Å². The van der Waals surface area contributed by atoms with Crippen molar-refractivity contribution in [1.82, 2.24) is 5.32 Å². The number of aliphatic imine (C=N–C) groups is 2. The highest BCUT2D eigenvalue weighted by Crippen LogP contribution is 2.20. The van der Waals surface area contributed by atoms with Gasteiger partial charge >= 0.3 is 0 Å². The highest BCUT2D eigenvalue weighted by molar-refractivity contribution is 6.21. The minimum absolute atomic E-state index is 0. The molecule has 1 N–H and O–H groups in total. The third-order valence-electron chi connectivity index (χ3n) is 2.95. The molecule has 0 aromatic heterocycles. The van der Waals surface area contributed by atoms with Crippen LogP contribution in [0.3, 0.4) is 0 Å². The Hall–Kier alpha value is -1.48. The number of fused-ring (bicyclic) bond motifs is 1. The number of nitrogens with zero attached hydrogens (tertiary/aromatic N) is 2. The van der Waals surface area contributed by atoms with Gasteiger partial charge in [0.25, 0.3) is 0 Å². The first-order valence-electron chi connectivity index (χ1n) is 5.63. The van der Waals surface area contributed by atoms with E-state index in [2.05, 4.69) is 40.8 Å². The maximum absolute atomic E-state index is 4.57. The van der Waals surface area contributed by atoms with Crippen molar-refractivity contribution in [3.63, 3.8) is 0 Å². The first kappa shape index (κ1) is 9.73. The number of nitrogens with one attached hydrogen (secondary N) is 1. The average molecular weight is 216 g/mol. The Morgan fingerprint density at radius 1 is 1.50 bits per heavy atom. The fraction of sp³-hybridized carbons (Fsp3) is 0.308. The summed E-state index contributed by atoms with van der Waals surface area (Å²) in [6.45, 7) is 4.18. The Bertz CT molecular complexity index is 473. The van der Waals surface area contributed by atoms with Gasteiger partial charge in [-0.25, -0.2) is 9.98 Å². The van der Waals surface area contributed by atoms with Crippen molar-refractivity contribution >= 4 is 11.5 Å². The molecular formula is C13H18N3. The Balaban J connectivity index is 0.000000810. The fourth-order valence-corrected chi connectivity index (χ4v) is 2.13. The highest BCUT2D eigenvalue weighted by atomic mass is 14.9. The van der Waals surface area contributed by atoms with Crippen molar-refractivity contribution < 1.29 is 2.85 Å². The van der Waals surface area contributed by atoms with E-state index in [1.807, 2.05) is 6.08 Å². The molecule has 0 amide bonds. The first-order chi connectivity index (χ1) is 7.83. The summed E-state index contributed by atoms with van der Waals surface area (Å²) in [5.74, 6) is 1.42. The molecule has 0 aromatic carbocycles. The molecular weight excluding hydrogens is 198 g/mol. The van der Waals surface area contributed by atoms with Crippen LogP contribution in [0.1, 0.15) is 9.78 Å². The average Bonchev–Trinajstić information content (AvgIpc) is 2.75. The van der Waals surface area contributed by atoms with E-state index < -0.39 is 0 Å². The van der Waals surface area contributed by atoms with Gasteiger partial charge in [-0.1, -0.05) is 19.1 Å². The van der Waals surface area contributed by atoms with E-state index >= 15 is 0 Å². The molecule has 3 heterocycles. The molecule has 0 unspecified atom stereocenters.